The Kier molecular flexibility index (Phi) is 2.90. The van der Waals surface area contributed by atoms with Crippen molar-refractivity contribution in [3.8, 4) is 22.0 Å². The SMILES string of the molecule is COc1ccsc1-c1cccn1-c1ccccc1. The van der Waals surface area contributed by atoms with Gasteiger partial charge in [0.15, 0.2) is 0 Å². The molecule has 90 valence electrons. The van der Waals surface area contributed by atoms with Crippen LogP contribution in [0.1, 0.15) is 0 Å². The molecule has 0 saturated carbocycles. The van der Waals surface area contributed by atoms with Crippen LogP contribution in [0.25, 0.3) is 16.3 Å². The average molecular weight is 255 g/mol. The third kappa shape index (κ3) is 1.83. The Hall–Kier alpha value is -2.00. The van der Waals surface area contributed by atoms with E-state index in [1.807, 2.05) is 24.3 Å². The fourth-order valence-electron chi connectivity index (χ4n) is 2.02. The lowest BCUT2D eigenvalue weighted by atomic mass is 10.3. The number of para-hydroxylation sites is 1. The van der Waals surface area contributed by atoms with E-state index < -0.39 is 0 Å². The van der Waals surface area contributed by atoms with Crippen LogP contribution in [0.5, 0.6) is 5.75 Å². The Bertz CT molecular complexity index is 639. The largest absolute Gasteiger partial charge is 0.495 e. The molecule has 2 heterocycles. The van der Waals surface area contributed by atoms with E-state index in [9.17, 15) is 0 Å². The monoisotopic (exact) mass is 255 g/mol. The highest BCUT2D eigenvalue weighted by Crippen LogP contribution is 2.36. The number of ether oxygens (including phenoxy) is 1. The van der Waals surface area contributed by atoms with Gasteiger partial charge >= 0.3 is 0 Å². The summed E-state index contributed by atoms with van der Waals surface area (Å²) in [5.74, 6) is 0.927. The van der Waals surface area contributed by atoms with Crippen LogP contribution in [0.2, 0.25) is 0 Å². The summed E-state index contributed by atoms with van der Waals surface area (Å²) in [6.07, 6.45) is 2.07. The summed E-state index contributed by atoms with van der Waals surface area (Å²) in [7, 11) is 1.71. The molecule has 3 heteroatoms. The van der Waals surface area contributed by atoms with Crippen molar-refractivity contribution in [2.24, 2.45) is 0 Å². The number of rotatable bonds is 3. The number of aromatic nitrogens is 1. The second-order valence-electron chi connectivity index (χ2n) is 3.92. The lowest BCUT2D eigenvalue weighted by Gasteiger charge is -2.09. The van der Waals surface area contributed by atoms with Gasteiger partial charge in [0.05, 0.1) is 17.7 Å². The van der Waals surface area contributed by atoms with E-state index >= 15 is 0 Å². The number of hydrogen-bond donors (Lipinski definition) is 0. The number of methoxy groups -OCH3 is 1. The molecule has 0 aliphatic carbocycles. The van der Waals surface area contributed by atoms with Gasteiger partial charge in [0.25, 0.3) is 0 Å². The van der Waals surface area contributed by atoms with Crippen molar-refractivity contribution in [3.05, 3.63) is 60.1 Å². The maximum Gasteiger partial charge on any atom is 0.138 e. The van der Waals surface area contributed by atoms with Gasteiger partial charge in [-0.3, -0.25) is 0 Å². The highest BCUT2D eigenvalue weighted by molar-refractivity contribution is 7.14. The first-order valence-electron chi connectivity index (χ1n) is 5.75. The van der Waals surface area contributed by atoms with Crippen molar-refractivity contribution in [1.82, 2.24) is 4.57 Å². The smallest absolute Gasteiger partial charge is 0.138 e. The third-order valence-electron chi connectivity index (χ3n) is 2.86. The van der Waals surface area contributed by atoms with Crippen LogP contribution < -0.4 is 4.74 Å². The van der Waals surface area contributed by atoms with E-state index in [1.165, 1.54) is 0 Å². The molecule has 0 bridgehead atoms. The Morgan fingerprint density at radius 2 is 1.83 bits per heavy atom. The molecular weight excluding hydrogens is 242 g/mol. The Morgan fingerprint density at radius 1 is 1.00 bits per heavy atom. The standard InChI is InChI=1S/C15H13NOS/c1-17-14-9-11-18-15(14)13-8-5-10-16(13)12-6-3-2-4-7-12/h2-11H,1H3. The van der Waals surface area contributed by atoms with Crippen molar-refractivity contribution in [1.29, 1.82) is 0 Å². The van der Waals surface area contributed by atoms with Crippen LogP contribution in [-0.4, -0.2) is 11.7 Å². The molecule has 2 aromatic heterocycles. The highest BCUT2D eigenvalue weighted by atomic mass is 32.1. The molecule has 0 unspecified atom stereocenters. The van der Waals surface area contributed by atoms with Crippen LogP contribution >= 0.6 is 11.3 Å². The van der Waals surface area contributed by atoms with Crippen molar-refractivity contribution in [2.45, 2.75) is 0 Å². The Labute approximate surface area is 110 Å². The second kappa shape index (κ2) is 4.70. The summed E-state index contributed by atoms with van der Waals surface area (Å²) in [5.41, 5.74) is 2.32. The van der Waals surface area contributed by atoms with E-state index in [-0.39, 0.29) is 0 Å². The topological polar surface area (TPSA) is 14.2 Å². The van der Waals surface area contributed by atoms with E-state index in [4.69, 9.17) is 4.74 Å². The minimum atomic E-state index is 0.927. The van der Waals surface area contributed by atoms with Gasteiger partial charge in [-0.2, -0.15) is 0 Å². The molecule has 0 aliphatic heterocycles. The third-order valence-corrected chi connectivity index (χ3v) is 3.78. The molecule has 0 atom stereocenters. The average Bonchev–Trinajstić information content (AvgIpc) is 3.07. The molecule has 0 fully saturated rings. The quantitative estimate of drug-likeness (QED) is 0.683. The van der Waals surface area contributed by atoms with Crippen molar-refractivity contribution in [2.75, 3.05) is 7.11 Å². The molecule has 18 heavy (non-hydrogen) atoms. The first kappa shape index (κ1) is 11.1. The van der Waals surface area contributed by atoms with E-state index in [0.29, 0.717) is 0 Å². The van der Waals surface area contributed by atoms with Crippen LogP contribution in [0.3, 0.4) is 0 Å². The molecule has 0 spiro atoms. The number of nitrogens with zero attached hydrogens (tertiary/aromatic N) is 1. The van der Waals surface area contributed by atoms with E-state index in [1.54, 1.807) is 18.4 Å². The van der Waals surface area contributed by atoms with Gasteiger partial charge in [0.1, 0.15) is 5.75 Å². The minimum absolute atomic E-state index is 0.927. The lowest BCUT2D eigenvalue weighted by molar-refractivity contribution is 0.418. The zero-order valence-electron chi connectivity index (χ0n) is 10.0. The first-order chi connectivity index (χ1) is 8.90. The molecule has 2 nitrogen and oxygen atoms in total. The van der Waals surface area contributed by atoms with E-state index in [2.05, 4.69) is 40.4 Å². The predicted molar refractivity (Wildman–Crippen MR) is 75.6 cm³/mol. The van der Waals surface area contributed by atoms with Gasteiger partial charge in [-0.1, -0.05) is 18.2 Å². The summed E-state index contributed by atoms with van der Waals surface area (Å²) in [6.45, 7) is 0. The molecule has 1 aromatic carbocycles. The van der Waals surface area contributed by atoms with Crippen molar-refractivity contribution >= 4 is 11.3 Å². The number of hydrogen-bond acceptors (Lipinski definition) is 2. The fraction of sp³-hybridized carbons (Fsp3) is 0.0667. The van der Waals surface area contributed by atoms with Gasteiger partial charge in [0, 0.05) is 11.9 Å². The zero-order valence-corrected chi connectivity index (χ0v) is 10.9. The Balaban J connectivity index is 2.13. The summed E-state index contributed by atoms with van der Waals surface area (Å²) in [4.78, 5) is 1.16. The van der Waals surface area contributed by atoms with Crippen LogP contribution in [0.15, 0.2) is 60.1 Å². The van der Waals surface area contributed by atoms with Crippen LogP contribution in [-0.2, 0) is 0 Å². The fourth-order valence-corrected chi connectivity index (χ4v) is 2.91. The molecule has 3 rings (SSSR count). The first-order valence-corrected chi connectivity index (χ1v) is 6.63. The molecular formula is C15H13NOS. The molecule has 0 saturated heterocycles. The summed E-state index contributed by atoms with van der Waals surface area (Å²) >= 11 is 1.69. The molecule has 0 N–H and O–H groups in total. The Morgan fingerprint density at radius 3 is 2.61 bits per heavy atom. The molecule has 0 radical (unpaired) electrons. The normalized spacial score (nSPS) is 10.5. The minimum Gasteiger partial charge on any atom is -0.495 e. The second-order valence-corrected chi connectivity index (χ2v) is 4.83. The maximum atomic E-state index is 5.40. The molecule has 3 aromatic rings. The van der Waals surface area contributed by atoms with Gasteiger partial charge < -0.3 is 9.30 Å². The summed E-state index contributed by atoms with van der Waals surface area (Å²) in [6, 6.07) is 16.5. The van der Waals surface area contributed by atoms with Gasteiger partial charge in [0.2, 0.25) is 0 Å². The van der Waals surface area contributed by atoms with Crippen molar-refractivity contribution < 1.29 is 4.74 Å². The zero-order chi connectivity index (χ0) is 12.4. The lowest BCUT2D eigenvalue weighted by Crippen LogP contribution is -1.94. The molecule has 0 aliphatic rings. The highest BCUT2D eigenvalue weighted by Gasteiger charge is 2.11. The molecule has 0 amide bonds. The van der Waals surface area contributed by atoms with Crippen LogP contribution in [0.4, 0.5) is 0 Å². The van der Waals surface area contributed by atoms with Gasteiger partial charge in [-0.25, -0.2) is 0 Å². The van der Waals surface area contributed by atoms with Crippen LogP contribution in [0, 0.1) is 0 Å². The van der Waals surface area contributed by atoms with Gasteiger partial charge in [-0.15, -0.1) is 11.3 Å². The van der Waals surface area contributed by atoms with Gasteiger partial charge in [-0.05, 0) is 35.7 Å². The number of benzene rings is 1. The van der Waals surface area contributed by atoms with Crippen molar-refractivity contribution in [3.63, 3.8) is 0 Å². The summed E-state index contributed by atoms with van der Waals surface area (Å²) in [5, 5.41) is 2.05. The maximum absolute atomic E-state index is 5.40. The number of thiophene rings is 1. The predicted octanol–water partition coefficient (Wildman–Crippen LogP) is 4.21. The van der Waals surface area contributed by atoms with E-state index in [0.717, 1.165) is 22.0 Å². The summed E-state index contributed by atoms with van der Waals surface area (Å²) < 4.78 is 7.57.